The molecule has 0 atom stereocenters. The van der Waals surface area contributed by atoms with Crippen LogP contribution in [0.3, 0.4) is 0 Å². The zero-order valence-corrected chi connectivity index (χ0v) is 14.5. The number of carboxylic acid groups (broad SMARTS) is 1. The average Bonchev–Trinajstić information content (AvgIpc) is 2.91. The maximum atomic E-state index is 12.3. The van der Waals surface area contributed by atoms with E-state index in [0.29, 0.717) is 6.54 Å². The van der Waals surface area contributed by atoms with Crippen molar-refractivity contribution in [2.24, 2.45) is 7.05 Å². The molecule has 0 radical (unpaired) electrons. The number of carbonyl (C=O) groups is 2. The molecule has 1 aromatic carbocycles. The number of rotatable bonds is 6. The molecule has 2 aromatic rings. The van der Waals surface area contributed by atoms with Crippen molar-refractivity contribution < 1.29 is 14.7 Å². The van der Waals surface area contributed by atoms with Gasteiger partial charge in [-0.25, -0.2) is 4.79 Å². The summed E-state index contributed by atoms with van der Waals surface area (Å²) < 4.78 is 1.98. The number of hydrogen-bond donors (Lipinski definition) is 3. The highest BCUT2D eigenvalue weighted by atomic mass is 16.4. The fourth-order valence-electron chi connectivity index (χ4n) is 3.48. The molecule has 134 valence electrons. The molecule has 7 heteroatoms. The van der Waals surface area contributed by atoms with Crippen molar-refractivity contribution in [1.29, 1.82) is 0 Å². The number of hydrogen-bond acceptors (Lipinski definition) is 3. The smallest absolute Gasteiger partial charge is 0.319 e. The van der Waals surface area contributed by atoms with Crippen LogP contribution in [0.1, 0.15) is 19.8 Å². The fraction of sp³-hybridized carbons (Fsp3) is 0.444. The van der Waals surface area contributed by atoms with Crippen molar-refractivity contribution in [3.63, 3.8) is 0 Å². The Hall–Kier alpha value is -2.54. The number of urea groups is 1. The molecule has 1 aliphatic rings. The third-order valence-electron chi connectivity index (χ3n) is 4.86. The first-order valence-corrected chi connectivity index (χ1v) is 8.55. The molecule has 0 aliphatic heterocycles. The van der Waals surface area contributed by atoms with Gasteiger partial charge in [-0.3, -0.25) is 9.69 Å². The number of nitrogens with zero attached hydrogens (tertiary/aromatic N) is 2. The molecule has 0 bridgehead atoms. The lowest BCUT2D eigenvalue weighted by Crippen LogP contribution is -2.55. The van der Waals surface area contributed by atoms with Gasteiger partial charge in [0, 0.05) is 30.7 Å². The van der Waals surface area contributed by atoms with Crippen molar-refractivity contribution in [1.82, 2.24) is 14.8 Å². The number of benzene rings is 1. The van der Waals surface area contributed by atoms with Crippen molar-refractivity contribution in [3.8, 4) is 0 Å². The predicted molar refractivity (Wildman–Crippen MR) is 96.8 cm³/mol. The molecule has 1 aromatic heterocycles. The van der Waals surface area contributed by atoms with Gasteiger partial charge in [-0.15, -0.1) is 0 Å². The van der Waals surface area contributed by atoms with E-state index in [9.17, 15) is 9.59 Å². The van der Waals surface area contributed by atoms with Gasteiger partial charge in [-0.05, 0) is 31.5 Å². The monoisotopic (exact) mass is 344 g/mol. The van der Waals surface area contributed by atoms with E-state index in [2.05, 4.69) is 10.6 Å². The lowest BCUT2D eigenvalue weighted by atomic mass is 9.85. The highest BCUT2D eigenvalue weighted by Gasteiger charge is 2.34. The Morgan fingerprint density at radius 1 is 1.32 bits per heavy atom. The van der Waals surface area contributed by atoms with Gasteiger partial charge in [0.15, 0.2) is 0 Å². The number of nitrogens with one attached hydrogen (secondary N) is 2. The molecular formula is C18H24N4O3. The van der Waals surface area contributed by atoms with Crippen LogP contribution in [0.4, 0.5) is 10.5 Å². The summed E-state index contributed by atoms with van der Waals surface area (Å²) in [5.41, 5.74) is 1.77. The molecule has 25 heavy (non-hydrogen) atoms. The van der Waals surface area contributed by atoms with E-state index in [1.165, 1.54) is 0 Å². The maximum Gasteiger partial charge on any atom is 0.319 e. The quantitative estimate of drug-likeness (QED) is 0.750. The third-order valence-corrected chi connectivity index (χ3v) is 4.86. The molecular weight excluding hydrogens is 320 g/mol. The lowest BCUT2D eigenvalue weighted by Gasteiger charge is -2.42. The van der Waals surface area contributed by atoms with Crippen LogP contribution in [0.5, 0.6) is 0 Å². The van der Waals surface area contributed by atoms with Crippen LogP contribution in [0.2, 0.25) is 0 Å². The molecule has 1 heterocycles. The zero-order chi connectivity index (χ0) is 18.0. The van der Waals surface area contributed by atoms with Gasteiger partial charge in [-0.2, -0.15) is 0 Å². The minimum absolute atomic E-state index is 0.0512. The van der Waals surface area contributed by atoms with Crippen LogP contribution in [0.25, 0.3) is 10.9 Å². The van der Waals surface area contributed by atoms with E-state index in [0.717, 1.165) is 29.4 Å². The summed E-state index contributed by atoms with van der Waals surface area (Å²) in [4.78, 5) is 25.1. The Morgan fingerprint density at radius 2 is 2.08 bits per heavy atom. The molecule has 1 aliphatic carbocycles. The Bertz CT molecular complexity index is 780. The van der Waals surface area contributed by atoms with Gasteiger partial charge in [0.1, 0.15) is 0 Å². The van der Waals surface area contributed by atoms with Crippen LogP contribution >= 0.6 is 0 Å². The molecule has 1 saturated carbocycles. The first-order chi connectivity index (χ1) is 12.0. The van der Waals surface area contributed by atoms with Crippen LogP contribution in [-0.4, -0.2) is 51.7 Å². The van der Waals surface area contributed by atoms with E-state index < -0.39 is 5.97 Å². The Kier molecular flexibility index (Phi) is 4.94. The summed E-state index contributed by atoms with van der Waals surface area (Å²) in [6.45, 7) is 2.71. The Morgan fingerprint density at radius 3 is 2.76 bits per heavy atom. The van der Waals surface area contributed by atoms with Gasteiger partial charge < -0.3 is 20.3 Å². The molecule has 0 unspecified atom stereocenters. The number of aliphatic carboxylic acids is 1. The molecule has 1 fully saturated rings. The molecule has 0 saturated heterocycles. The number of likely N-dealkylation sites (N-methyl/N-ethyl adjacent to an activating group) is 1. The molecule has 0 spiro atoms. The topological polar surface area (TPSA) is 86.6 Å². The summed E-state index contributed by atoms with van der Waals surface area (Å²) in [5, 5.41) is 15.9. The average molecular weight is 344 g/mol. The van der Waals surface area contributed by atoms with E-state index in [-0.39, 0.29) is 24.7 Å². The zero-order valence-electron chi connectivity index (χ0n) is 14.5. The first-order valence-electron chi connectivity index (χ1n) is 8.55. The number of fused-ring (bicyclic) bond motifs is 1. The first kappa shape index (κ1) is 17.3. The number of aryl methyl sites for hydroxylation is 1. The number of para-hydroxylation sites is 1. The van der Waals surface area contributed by atoms with E-state index in [4.69, 9.17) is 5.11 Å². The minimum atomic E-state index is -0.813. The van der Waals surface area contributed by atoms with E-state index >= 15 is 0 Å². The van der Waals surface area contributed by atoms with Crippen LogP contribution in [0, 0.1) is 0 Å². The standard InChI is InChI=1S/C18H24N4O3/c1-3-22(11-16(23)24)14-9-13(10-14)19-18(25)20-15-6-4-5-12-7-8-21(2)17(12)15/h4-8,13-14H,3,9-11H2,1-2H3,(H,23,24)(H2,19,20,25). The van der Waals surface area contributed by atoms with Gasteiger partial charge in [0.05, 0.1) is 17.7 Å². The summed E-state index contributed by atoms with van der Waals surface area (Å²) in [7, 11) is 1.95. The highest BCUT2D eigenvalue weighted by molar-refractivity contribution is 6.00. The number of carboxylic acids is 1. The van der Waals surface area contributed by atoms with E-state index in [1.54, 1.807) is 0 Å². The summed E-state index contributed by atoms with van der Waals surface area (Å²) in [5.74, 6) is -0.813. The van der Waals surface area contributed by atoms with Crippen LogP contribution < -0.4 is 10.6 Å². The lowest BCUT2D eigenvalue weighted by molar-refractivity contribution is -0.139. The minimum Gasteiger partial charge on any atom is -0.480 e. The van der Waals surface area contributed by atoms with Crippen molar-refractivity contribution in [2.75, 3.05) is 18.4 Å². The second kappa shape index (κ2) is 7.14. The molecule has 3 rings (SSSR count). The third kappa shape index (κ3) is 3.76. The predicted octanol–water partition coefficient (Wildman–Crippen LogP) is 2.24. The largest absolute Gasteiger partial charge is 0.480 e. The van der Waals surface area contributed by atoms with E-state index in [1.807, 2.05) is 53.9 Å². The molecule has 7 nitrogen and oxygen atoms in total. The van der Waals surface area contributed by atoms with Crippen molar-refractivity contribution >= 4 is 28.6 Å². The summed E-state index contributed by atoms with van der Waals surface area (Å²) >= 11 is 0. The number of aromatic nitrogens is 1. The summed E-state index contributed by atoms with van der Waals surface area (Å²) in [6.07, 6.45) is 3.53. The fourth-order valence-corrected chi connectivity index (χ4v) is 3.48. The molecule has 3 N–H and O–H groups in total. The number of amides is 2. The SMILES string of the molecule is CCN(CC(=O)O)C1CC(NC(=O)Nc2cccc3ccn(C)c23)C1. The second-order valence-corrected chi connectivity index (χ2v) is 6.55. The number of anilines is 1. The number of carbonyl (C=O) groups excluding carboxylic acids is 1. The van der Waals surface area contributed by atoms with Crippen LogP contribution in [0.15, 0.2) is 30.5 Å². The van der Waals surface area contributed by atoms with Gasteiger partial charge >= 0.3 is 12.0 Å². The Labute approximate surface area is 146 Å². The molecule has 2 amide bonds. The second-order valence-electron chi connectivity index (χ2n) is 6.55. The summed E-state index contributed by atoms with van der Waals surface area (Å²) in [6, 6.07) is 7.91. The van der Waals surface area contributed by atoms with Crippen molar-refractivity contribution in [3.05, 3.63) is 30.5 Å². The maximum absolute atomic E-state index is 12.3. The Balaban J connectivity index is 1.54. The van der Waals surface area contributed by atoms with Gasteiger partial charge in [0.25, 0.3) is 0 Å². The van der Waals surface area contributed by atoms with Gasteiger partial charge in [-0.1, -0.05) is 19.1 Å². The van der Waals surface area contributed by atoms with Crippen molar-refractivity contribution in [2.45, 2.75) is 31.8 Å². The normalized spacial score (nSPS) is 19.6. The van der Waals surface area contributed by atoms with Gasteiger partial charge in [0.2, 0.25) is 0 Å². The van der Waals surface area contributed by atoms with Crippen LogP contribution in [-0.2, 0) is 11.8 Å². The highest BCUT2D eigenvalue weighted by Crippen LogP contribution is 2.26.